The Hall–Kier alpha value is 0.270. The molecule has 2 nitrogen and oxygen atoms in total. The molecule has 0 aromatic heterocycles. The van der Waals surface area contributed by atoms with Gasteiger partial charge in [-0.1, -0.05) is 13.3 Å². The van der Waals surface area contributed by atoms with Gasteiger partial charge in [0.15, 0.2) is 0 Å². The van der Waals surface area contributed by atoms with Crippen molar-refractivity contribution < 1.29 is 0 Å². The lowest BCUT2D eigenvalue weighted by Gasteiger charge is -2.26. The van der Waals surface area contributed by atoms with Crippen molar-refractivity contribution >= 4 is 11.8 Å². The van der Waals surface area contributed by atoms with Crippen molar-refractivity contribution in [3.63, 3.8) is 0 Å². The molecular formula is C12H26N2S. The van der Waals surface area contributed by atoms with Gasteiger partial charge in [0, 0.05) is 6.54 Å². The smallest absolute Gasteiger partial charge is 0.0596 e. The molecule has 90 valence electrons. The third-order valence-corrected chi connectivity index (χ3v) is 4.69. The molecule has 1 aliphatic rings. The normalized spacial score (nSPS) is 27.8. The number of hydrogen-bond donors (Lipinski definition) is 0. The van der Waals surface area contributed by atoms with Crippen molar-refractivity contribution in [2.24, 2.45) is 5.92 Å². The molecule has 0 bridgehead atoms. The molecule has 1 fully saturated rings. The van der Waals surface area contributed by atoms with Gasteiger partial charge < -0.3 is 4.90 Å². The Kier molecular flexibility index (Phi) is 6.02. The number of unbranched alkanes of at least 4 members (excludes halogenated alkanes) is 1. The predicted molar refractivity (Wildman–Crippen MR) is 70.4 cm³/mol. The number of thioether (sulfide) groups is 1. The zero-order valence-corrected chi connectivity index (χ0v) is 11.5. The number of rotatable bonds is 6. The predicted octanol–water partition coefficient (Wildman–Crippen LogP) is 2.36. The van der Waals surface area contributed by atoms with E-state index in [0.717, 1.165) is 11.3 Å². The lowest BCUT2D eigenvalue weighted by molar-refractivity contribution is 0.297. The van der Waals surface area contributed by atoms with Crippen molar-refractivity contribution in [2.45, 2.75) is 31.6 Å². The summed E-state index contributed by atoms with van der Waals surface area (Å²) in [6.07, 6.45) is 4.06. The van der Waals surface area contributed by atoms with E-state index in [2.05, 4.69) is 49.6 Å². The fourth-order valence-corrected chi connectivity index (χ4v) is 3.81. The minimum Gasteiger partial charge on any atom is -0.309 e. The maximum Gasteiger partial charge on any atom is 0.0596 e. The first-order valence-electron chi connectivity index (χ1n) is 6.11. The summed E-state index contributed by atoms with van der Waals surface area (Å²) in [5.74, 6) is 2.20. The van der Waals surface area contributed by atoms with Crippen molar-refractivity contribution in [1.82, 2.24) is 9.80 Å². The SMILES string of the molecule is CCCCSC1C(CN(C)C)CCN1C. The van der Waals surface area contributed by atoms with Crippen molar-refractivity contribution in [2.75, 3.05) is 40.0 Å². The van der Waals surface area contributed by atoms with Crippen LogP contribution in [0.15, 0.2) is 0 Å². The largest absolute Gasteiger partial charge is 0.309 e. The van der Waals surface area contributed by atoms with Crippen LogP contribution in [0.2, 0.25) is 0 Å². The van der Waals surface area contributed by atoms with Crippen LogP contribution < -0.4 is 0 Å². The summed E-state index contributed by atoms with van der Waals surface area (Å²) in [6, 6.07) is 0. The van der Waals surface area contributed by atoms with E-state index in [-0.39, 0.29) is 0 Å². The summed E-state index contributed by atoms with van der Waals surface area (Å²) in [5, 5.41) is 0.763. The monoisotopic (exact) mass is 230 g/mol. The van der Waals surface area contributed by atoms with Gasteiger partial charge >= 0.3 is 0 Å². The molecule has 0 radical (unpaired) electrons. The molecule has 0 aliphatic carbocycles. The lowest BCUT2D eigenvalue weighted by Crippen LogP contribution is -2.32. The van der Waals surface area contributed by atoms with Gasteiger partial charge in [-0.15, -0.1) is 11.8 Å². The zero-order chi connectivity index (χ0) is 11.3. The summed E-state index contributed by atoms with van der Waals surface area (Å²) in [4.78, 5) is 4.87. The fraction of sp³-hybridized carbons (Fsp3) is 1.00. The van der Waals surface area contributed by atoms with Gasteiger partial charge in [0.25, 0.3) is 0 Å². The van der Waals surface area contributed by atoms with E-state index in [0.29, 0.717) is 0 Å². The van der Waals surface area contributed by atoms with Crippen LogP contribution in [0, 0.1) is 5.92 Å². The summed E-state index contributed by atoms with van der Waals surface area (Å²) in [6.45, 7) is 4.80. The summed E-state index contributed by atoms with van der Waals surface area (Å²) in [5.41, 5.74) is 0. The molecular weight excluding hydrogens is 204 g/mol. The van der Waals surface area contributed by atoms with Gasteiger partial charge in [0.2, 0.25) is 0 Å². The average Bonchev–Trinajstić information content (AvgIpc) is 2.49. The molecule has 1 saturated heterocycles. The van der Waals surface area contributed by atoms with Gasteiger partial charge in [-0.2, -0.15) is 0 Å². The second-order valence-corrected chi connectivity index (χ2v) is 6.13. The van der Waals surface area contributed by atoms with Crippen molar-refractivity contribution in [3.8, 4) is 0 Å². The highest BCUT2D eigenvalue weighted by Crippen LogP contribution is 2.32. The van der Waals surface area contributed by atoms with Crippen LogP contribution in [0.1, 0.15) is 26.2 Å². The Morgan fingerprint density at radius 2 is 2.13 bits per heavy atom. The number of hydrogen-bond acceptors (Lipinski definition) is 3. The van der Waals surface area contributed by atoms with Crippen LogP contribution in [-0.4, -0.2) is 55.2 Å². The van der Waals surface area contributed by atoms with E-state index >= 15 is 0 Å². The van der Waals surface area contributed by atoms with Gasteiger partial charge in [0.1, 0.15) is 0 Å². The zero-order valence-electron chi connectivity index (χ0n) is 10.7. The van der Waals surface area contributed by atoms with Gasteiger partial charge in [-0.05, 0) is 52.2 Å². The quantitative estimate of drug-likeness (QED) is 0.647. The Morgan fingerprint density at radius 3 is 2.73 bits per heavy atom. The second-order valence-electron chi connectivity index (χ2n) is 4.91. The first kappa shape index (κ1) is 13.3. The minimum absolute atomic E-state index is 0.763. The molecule has 0 spiro atoms. The van der Waals surface area contributed by atoms with E-state index in [1.165, 1.54) is 38.1 Å². The van der Waals surface area contributed by atoms with Crippen molar-refractivity contribution in [3.05, 3.63) is 0 Å². The molecule has 2 atom stereocenters. The standard InChI is InChI=1S/C12H26N2S/c1-5-6-9-15-12-11(10-13(2)3)7-8-14(12)4/h11-12H,5-10H2,1-4H3. The summed E-state index contributed by atoms with van der Waals surface area (Å²) < 4.78 is 0. The Labute approximate surface area is 99.4 Å². The second kappa shape index (κ2) is 6.77. The molecule has 3 heteroatoms. The van der Waals surface area contributed by atoms with Crippen molar-refractivity contribution in [1.29, 1.82) is 0 Å². The maximum atomic E-state index is 2.54. The molecule has 0 aromatic rings. The fourth-order valence-electron chi connectivity index (χ4n) is 2.26. The van der Waals surface area contributed by atoms with Crippen LogP contribution in [0.5, 0.6) is 0 Å². The molecule has 2 unspecified atom stereocenters. The van der Waals surface area contributed by atoms with Gasteiger partial charge in [0.05, 0.1) is 5.37 Å². The number of nitrogens with zero attached hydrogens (tertiary/aromatic N) is 2. The summed E-state index contributed by atoms with van der Waals surface area (Å²) in [7, 11) is 6.65. The molecule has 1 rings (SSSR count). The van der Waals surface area contributed by atoms with Crippen LogP contribution >= 0.6 is 11.8 Å². The Morgan fingerprint density at radius 1 is 1.40 bits per heavy atom. The molecule has 0 aromatic carbocycles. The van der Waals surface area contributed by atoms with Crippen LogP contribution in [0.3, 0.4) is 0 Å². The lowest BCUT2D eigenvalue weighted by atomic mass is 10.1. The van der Waals surface area contributed by atoms with Gasteiger partial charge in [-0.3, -0.25) is 4.90 Å². The van der Waals surface area contributed by atoms with Crippen LogP contribution in [0.4, 0.5) is 0 Å². The minimum atomic E-state index is 0.763. The first-order chi connectivity index (χ1) is 7.15. The molecule has 1 heterocycles. The molecule has 0 saturated carbocycles. The third-order valence-electron chi connectivity index (χ3n) is 3.08. The highest BCUT2D eigenvalue weighted by molar-refractivity contribution is 7.99. The van der Waals surface area contributed by atoms with E-state index in [4.69, 9.17) is 0 Å². The van der Waals surface area contributed by atoms with E-state index in [1.807, 2.05) is 0 Å². The van der Waals surface area contributed by atoms with E-state index in [1.54, 1.807) is 0 Å². The molecule has 0 N–H and O–H groups in total. The number of likely N-dealkylation sites (tertiary alicyclic amines) is 1. The topological polar surface area (TPSA) is 6.48 Å². The van der Waals surface area contributed by atoms with Crippen LogP contribution in [-0.2, 0) is 0 Å². The highest BCUT2D eigenvalue weighted by Gasteiger charge is 2.31. The molecule has 1 aliphatic heterocycles. The Bertz CT molecular complexity index is 173. The highest BCUT2D eigenvalue weighted by atomic mass is 32.2. The van der Waals surface area contributed by atoms with Crippen LogP contribution in [0.25, 0.3) is 0 Å². The van der Waals surface area contributed by atoms with Gasteiger partial charge in [-0.25, -0.2) is 0 Å². The molecule has 0 amide bonds. The maximum absolute atomic E-state index is 2.54. The molecule has 15 heavy (non-hydrogen) atoms. The Balaban J connectivity index is 2.35. The van der Waals surface area contributed by atoms with E-state index in [9.17, 15) is 0 Å². The van der Waals surface area contributed by atoms with E-state index < -0.39 is 0 Å². The average molecular weight is 230 g/mol. The third kappa shape index (κ3) is 4.33. The summed E-state index contributed by atoms with van der Waals surface area (Å²) >= 11 is 2.17. The first-order valence-corrected chi connectivity index (χ1v) is 7.16.